The third kappa shape index (κ3) is 2.06. The van der Waals surface area contributed by atoms with Gasteiger partial charge in [0.1, 0.15) is 11.4 Å². The van der Waals surface area contributed by atoms with Crippen LogP contribution in [0.3, 0.4) is 0 Å². The maximum absolute atomic E-state index is 11.9. The largest absolute Gasteiger partial charge is 0.493 e. The summed E-state index contributed by atoms with van der Waals surface area (Å²) in [6, 6.07) is 7.40. The molecule has 0 amide bonds. The van der Waals surface area contributed by atoms with Crippen LogP contribution in [0.1, 0.15) is 18.3 Å². The van der Waals surface area contributed by atoms with Crippen LogP contribution in [0.15, 0.2) is 29.1 Å². The highest BCUT2D eigenvalue weighted by atomic mass is 16.3. The van der Waals surface area contributed by atoms with E-state index in [1.54, 1.807) is 6.07 Å². The van der Waals surface area contributed by atoms with Gasteiger partial charge in [0, 0.05) is 6.42 Å². The molecule has 0 atom stereocenters. The van der Waals surface area contributed by atoms with E-state index in [2.05, 4.69) is 9.97 Å². The quantitative estimate of drug-likeness (QED) is 0.829. The van der Waals surface area contributed by atoms with Crippen LogP contribution in [0.4, 0.5) is 0 Å². The molecule has 0 bridgehead atoms. The lowest BCUT2D eigenvalue weighted by molar-refractivity contribution is 0.450. The minimum absolute atomic E-state index is 0.208. The van der Waals surface area contributed by atoms with E-state index in [0.29, 0.717) is 17.8 Å². The molecule has 4 nitrogen and oxygen atoms in total. The molecule has 2 aromatic rings. The van der Waals surface area contributed by atoms with Crippen molar-refractivity contribution in [2.45, 2.75) is 20.3 Å². The van der Waals surface area contributed by atoms with E-state index in [1.165, 1.54) is 0 Å². The number of aromatic nitrogens is 2. The summed E-state index contributed by atoms with van der Waals surface area (Å²) in [5.74, 6) is 0.282. The smallest absolute Gasteiger partial charge is 0.262 e. The number of nitrogens with zero attached hydrogens (tertiary/aromatic N) is 1. The fourth-order valence-electron chi connectivity index (χ4n) is 1.77. The van der Waals surface area contributed by atoms with Crippen LogP contribution >= 0.6 is 0 Å². The maximum atomic E-state index is 11.9. The topological polar surface area (TPSA) is 66.0 Å². The van der Waals surface area contributed by atoms with Gasteiger partial charge in [-0.3, -0.25) is 4.79 Å². The monoisotopic (exact) mass is 230 g/mol. The molecule has 0 aliphatic carbocycles. The molecule has 2 N–H and O–H groups in total. The van der Waals surface area contributed by atoms with Gasteiger partial charge in [0.05, 0.1) is 0 Å². The van der Waals surface area contributed by atoms with Crippen molar-refractivity contribution in [3.05, 3.63) is 46.0 Å². The minimum Gasteiger partial charge on any atom is -0.493 e. The molecule has 0 fully saturated rings. The Labute approximate surface area is 99.0 Å². The fourth-order valence-corrected chi connectivity index (χ4v) is 1.77. The standard InChI is InChI=1S/C13H14N2O2/c1-3-10-14-12(16)11(13(17)15-10)9-7-5-4-6-8(9)2/h4-7H,3H2,1-2H3,(H2,14,15,16,17). The van der Waals surface area contributed by atoms with Crippen LogP contribution in [0.2, 0.25) is 0 Å². The summed E-state index contributed by atoms with van der Waals surface area (Å²) in [7, 11) is 0. The van der Waals surface area contributed by atoms with Crippen molar-refractivity contribution in [1.82, 2.24) is 9.97 Å². The van der Waals surface area contributed by atoms with Crippen LogP contribution in [-0.4, -0.2) is 15.1 Å². The number of aromatic hydroxyl groups is 1. The van der Waals surface area contributed by atoms with E-state index in [9.17, 15) is 9.90 Å². The highest BCUT2D eigenvalue weighted by molar-refractivity contribution is 5.70. The summed E-state index contributed by atoms with van der Waals surface area (Å²) < 4.78 is 0. The third-order valence-corrected chi connectivity index (χ3v) is 2.70. The average molecular weight is 230 g/mol. The molecule has 4 heteroatoms. The van der Waals surface area contributed by atoms with Gasteiger partial charge in [0.15, 0.2) is 0 Å². The van der Waals surface area contributed by atoms with Gasteiger partial charge in [-0.2, -0.15) is 4.98 Å². The zero-order valence-corrected chi connectivity index (χ0v) is 9.82. The molecule has 1 aromatic heterocycles. The molecule has 0 saturated carbocycles. The Morgan fingerprint density at radius 3 is 2.65 bits per heavy atom. The summed E-state index contributed by atoms with van der Waals surface area (Å²) in [4.78, 5) is 18.6. The van der Waals surface area contributed by atoms with E-state index in [1.807, 2.05) is 32.0 Å². The molecule has 0 radical (unpaired) electrons. The number of rotatable bonds is 2. The number of H-pyrrole nitrogens is 1. The summed E-state index contributed by atoms with van der Waals surface area (Å²) >= 11 is 0. The molecule has 1 aromatic carbocycles. The van der Waals surface area contributed by atoms with Crippen LogP contribution < -0.4 is 5.56 Å². The normalized spacial score (nSPS) is 10.5. The maximum Gasteiger partial charge on any atom is 0.262 e. The van der Waals surface area contributed by atoms with Crippen LogP contribution in [0.5, 0.6) is 5.88 Å². The van der Waals surface area contributed by atoms with Crippen molar-refractivity contribution in [1.29, 1.82) is 0 Å². The zero-order valence-electron chi connectivity index (χ0n) is 9.82. The van der Waals surface area contributed by atoms with Crippen molar-refractivity contribution in [3.63, 3.8) is 0 Å². The first-order valence-electron chi connectivity index (χ1n) is 5.51. The number of hydrogen-bond acceptors (Lipinski definition) is 3. The van der Waals surface area contributed by atoms with Gasteiger partial charge in [-0.1, -0.05) is 31.2 Å². The molecule has 0 aliphatic rings. The summed E-state index contributed by atoms with van der Waals surface area (Å²) in [5.41, 5.74) is 1.57. The SMILES string of the molecule is CCc1nc(O)c(-c2ccccc2C)c(=O)[nH]1. The Morgan fingerprint density at radius 1 is 1.35 bits per heavy atom. The van der Waals surface area contributed by atoms with Gasteiger partial charge in [0.2, 0.25) is 5.88 Å². The molecular formula is C13H14N2O2. The summed E-state index contributed by atoms with van der Waals surface area (Å²) in [5, 5.41) is 9.85. The molecule has 0 spiro atoms. The first-order chi connectivity index (χ1) is 8.13. The molecule has 0 saturated heterocycles. The zero-order chi connectivity index (χ0) is 12.4. The Kier molecular flexibility index (Phi) is 2.95. The average Bonchev–Trinajstić information content (AvgIpc) is 2.30. The Balaban J connectivity index is 2.69. The number of hydrogen-bond donors (Lipinski definition) is 2. The molecular weight excluding hydrogens is 216 g/mol. The Bertz CT molecular complexity index is 603. The number of aryl methyl sites for hydroxylation is 2. The first kappa shape index (κ1) is 11.4. The number of benzene rings is 1. The van der Waals surface area contributed by atoms with Gasteiger partial charge >= 0.3 is 0 Å². The van der Waals surface area contributed by atoms with Crippen molar-refractivity contribution in [3.8, 4) is 17.0 Å². The minimum atomic E-state index is -0.302. The van der Waals surface area contributed by atoms with Crippen molar-refractivity contribution in [2.75, 3.05) is 0 Å². The molecule has 0 aliphatic heterocycles. The van der Waals surface area contributed by atoms with Crippen LogP contribution in [0.25, 0.3) is 11.1 Å². The molecule has 1 heterocycles. The predicted molar refractivity (Wildman–Crippen MR) is 66.1 cm³/mol. The highest BCUT2D eigenvalue weighted by Gasteiger charge is 2.13. The van der Waals surface area contributed by atoms with Gasteiger partial charge < -0.3 is 10.1 Å². The molecule has 17 heavy (non-hydrogen) atoms. The molecule has 88 valence electrons. The van der Waals surface area contributed by atoms with Crippen LogP contribution in [-0.2, 0) is 6.42 Å². The second-order valence-electron chi connectivity index (χ2n) is 3.88. The summed E-state index contributed by atoms with van der Waals surface area (Å²) in [6.07, 6.45) is 0.580. The second-order valence-corrected chi connectivity index (χ2v) is 3.88. The van der Waals surface area contributed by atoms with Gasteiger partial charge in [-0.15, -0.1) is 0 Å². The Morgan fingerprint density at radius 2 is 2.06 bits per heavy atom. The lowest BCUT2D eigenvalue weighted by atomic mass is 10.0. The lowest BCUT2D eigenvalue weighted by Crippen LogP contribution is -2.14. The van der Waals surface area contributed by atoms with Gasteiger partial charge in [0.25, 0.3) is 5.56 Å². The van der Waals surface area contributed by atoms with Crippen molar-refractivity contribution >= 4 is 0 Å². The Hall–Kier alpha value is -2.10. The van der Waals surface area contributed by atoms with E-state index >= 15 is 0 Å². The molecule has 0 unspecified atom stereocenters. The fraction of sp³-hybridized carbons (Fsp3) is 0.231. The van der Waals surface area contributed by atoms with Gasteiger partial charge in [-0.25, -0.2) is 0 Å². The van der Waals surface area contributed by atoms with E-state index in [4.69, 9.17) is 0 Å². The van der Waals surface area contributed by atoms with E-state index in [0.717, 1.165) is 5.56 Å². The third-order valence-electron chi connectivity index (χ3n) is 2.70. The highest BCUT2D eigenvalue weighted by Crippen LogP contribution is 2.25. The van der Waals surface area contributed by atoms with E-state index < -0.39 is 0 Å². The van der Waals surface area contributed by atoms with Gasteiger partial charge in [-0.05, 0) is 18.1 Å². The number of nitrogens with one attached hydrogen (secondary N) is 1. The van der Waals surface area contributed by atoms with Crippen molar-refractivity contribution < 1.29 is 5.11 Å². The molecule has 2 rings (SSSR count). The lowest BCUT2D eigenvalue weighted by Gasteiger charge is -2.07. The predicted octanol–water partition coefficient (Wildman–Crippen LogP) is 2.01. The summed E-state index contributed by atoms with van der Waals surface area (Å²) in [6.45, 7) is 3.76. The van der Waals surface area contributed by atoms with E-state index in [-0.39, 0.29) is 17.0 Å². The van der Waals surface area contributed by atoms with Crippen molar-refractivity contribution in [2.24, 2.45) is 0 Å². The first-order valence-corrected chi connectivity index (χ1v) is 5.51. The van der Waals surface area contributed by atoms with Crippen LogP contribution in [0, 0.1) is 6.92 Å². The second kappa shape index (κ2) is 4.41. The number of aromatic amines is 1.